The number of benzene rings is 1. The van der Waals surface area contributed by atoms with Crippen molar-refractivity contribution in [1.82, 2.24) is 5.32 Å². The number of phenolic OH excluding ortho intramolecular Hbond substituents is 1. The Balaban J connectivity index is 1.65. The predicted octanol–water partition coefficient (Wildman–Crippen LogP) is 3.54. The van der Waals surface area contributed by atoms with Crippen LogP contribution in [0.25, 0.3) is 0 Å². The number of ether oxygens (including phenoxy) is 2. The summed E-state index contributed by atoms with van der Waals surface area (Å²) in [6.07, 6.45) is 3.65. The summed E-state index contributed by atoms with van der Waals surface area (Å²) >= 11 is 0. The number of aromatic hydroxyl groups is 1. The van der Waals surface area contributed by atoms with Crippen molar-refractivity contribution in [1.29, 1.82) is 0 Å². The van der Waals surface area contributed by atoms with Gasteiger partial charge in [0, 0.05) is 29.5 Å². The summed E-state index contributed by atoms with van der Waals surface area (Å²) in [7, 11) is 1.75. The number of hydrogen-bond donors (Lipinski definition) is 3. The molecule has 2 fully saturated rings. The van der Waals surface area contributed by atoms with Crippen molar-refractivity contribution in [3.63, 3.8) is 0 Å². The van der Waals surface area contributed by atoms with Crippen LogP contribution in [0.4, 0.5) is 0 Å². The van der Waals surface area contributed by atoms with Crippen molar-refractivity contribution in [3.05, 3.63) is 23.3 Å². The molecule has 2 bridgehead atoms. The average molecular weight is 416 g/mol. The highest BCUT2D eigenvalue weighted by Gasteiger charge is 2.74. The molecular weight excluding hydrogens is 378 g/mol. The van der Waals surface area contributed by atoms with E-state index >= 15 is 0 Å². The van der Waals surface area contributed by atoms with Gasteiger partial charge in [-0.15, -0.1) is 0 Å². The summed E-state index contributed by atoms with van der Waals surface area (Å²) in [5, 5.41) is 26.0. The summed E-state index contributed by atoms with van der Waals surface area (Å²) in [5.41, 5.74) is 1.43. The van der Waals surface area contributed by atoms with E-state index in [2.05, 4.69) is 39.1 Å². The molecular formula is C25H37NO4. The topological polar surface area (TPSA) is 71.0 Å². The molecule has 2 spiro atoms. The SMILES string of the molecule is CO[C@H](C)[C@@H]1Oc2c(O)ccc3c2C12CCNC(C3)C21CC(C(C)(O)C(C)(C)C)C1. The van der Waals surface area contributed by atoms with Gasteiger partial charge >= 0.3 is 0 Å². The molecule has 1 saturated heterocycles. The lowest BCUT2D eigenvalue weighted by molar-refractivity contribution is -0.209. The molecule has 3 N–H and O–H groups in total. The van der Waals surface area contributed by atoms with E-state index in [1.807, 2.05) is 6.92 Å². The lowest BCUT2D eigenvalue weighted by Crippen LogP contribution is -2.75. The van der Waals surface area contributed by atoms with Crippen LogP contribution in [0.2, 0.25) is 0 Å². The number of hydrogen-bond acceptors (Lipinski definition) is 5. The minimum atomic E-state index is -0.729. The largest absolute Gasteiger partial charge is 0.504 e. The lowest BCUT2D eigenvalue weighted by Gasteiger charge is -2.70. The maximum atomic E-state index is 11.5. The maximum Gasteiger partial charge on any atom is 0.165 e. The van der Waals surface area contributed by atoms with Crippen molar-refractivity contribution in [2.24, 2.45) is 16.7 Å². The van der Waals surface area contributed by atoms with Crippen LogP contribution in [0, 0.1) is 16.7 Å². The maximum absolute atomic E-state index is 11.5. The van der Waals surface area contributed by atoms with E-state index in [-0.39, 0.29) is 40.1 Å². The molecule has 0 radical (unpaired) electrons. The quantitative estimate of drug-likeness (QED) is 0.704. The Labute approximate surface area is 180 Å². The number of nitrogens with one attached hydrogen (secondary N) is 1. The minimum Gasteiger partial charge on any atom is -0.504 e. The molecule has 5 rings (SSSR count). The van der Waals surface area contributed by atoms with Crippen LogP contribution < -0.4 is 10.1 Å². The van der Waals surface area contributed by atoms with Crippen molar-refractivity contribution in [2.45, 2.75) is 89.6 Å². The lowest BCUT2D eigenvalue weighted by atomic mass is 9.36. The molecule has 166 valence electrons. The third kappa shape index (κ3) is 2.24. The molecule has 1 aromatic rings. The van der Waals surface area contributed by atoms with Crippen molar-refractivity contribution in [3.8, 4) is 11.5 Å². The Hall–Kier alpha value is -1.30. The Bertz CT molecular complexity index is 867. The molecule has 5 heteroatoms. The van der Waals surface area contributed by atoms with Gasteiger partial charge in [-0.05, 0) is 69.0 Å². The molecule has 2 aliphatic heterocycles. The smallest absolute Gasteiger partial charge is 0.165 e. The number of methoxy groups -OCH3 is 1. The zero-order valence-corrected chi connectivity index (χ0v) is 19.2. The molecule has 4 aliphatic rings. The second kappa shape index (κ2) is 6.14. The van der Waals surface area contributed by atoms with E-state index in [9.17, 15) is 10.2 Å². The summed E-state index contributed by atoms with van der Waals surface area (Å²) in [6, 6.07) is 4.22. The normalized spacial score (nSPS) is 39.6. The Kier molecular flexibility index (Phi) is 4.22. The van der Waals surface area contributed by atoms with Gasteiger partial charge in [0.25, 0.3) is 0 Å². The first-order valence-electron chi connectivity index (χ1n) is 11.5. The molecule has 0 aromatic heterocycles. The van der Waals surface area contributed by atoms with Crippen LogP contribution in [0.1, 0.15) is 65.0 Å². The first-order chi connectivity index (χ1) is 14.0. The Morgan fingerprint density at radius 1 is 1.23 bits per heavy atom. The van der Waals surface area contributed by atoms with E-state index in [1.54, 1.807) is 13.2 Å². The minimum absolute atomic E-state index is 0.00859. The second-order valence-corrected chi connectivity index (χ2v) is 11.5. The van der Waals surface area contributed by atoms with Gasteiger partial charge in [-0.3, -0.25) is 0 Å². The highest BCUT2D eigenvalue weighted by atomic mass is 16.5. The molecule has 5 atom stereocenters. The van der Waals surface area contributed by atoms with Gasteiger partial charge in [-0.25, -0.2) is 0 Å². The van der Waals surface area contributed by atoms with Crippen LogP contribution in [-0.2, 0) is 16.6 Å². The summed E-state index contributed by atoms with van der Waals surface area (Å²) in [5.74, 6) is 1.16. The van der Waals surface area contributed by atoms with Crippen molar-refractivity contribution < 1.29 is 19.7 Å². The van der Waals surface area contributed by atoms with Crippen LogP contribution in [-0.4, -0.2) is 47.7 Å². The van der Waals surface area contributed by atoms with Crippen LogP contribution >= 0.6 is 0 Å². The van der Waals surface area contributed by atoms with Crippen molar-refractivity contribution >= 4 is 0 Å². The zero-order chi connectivity index (χ0) is 21.7. The molecule has 3 unspecified atom stereocenters. The fourth-order valence-electron chi connectivity index (χ4n) is 7.34. The molecule has 30 heavy (non-hydrogen) atoms. The monoisotopic (exact) mass is 415 g/mol. The number of aliphatic hydroxyl groups is 1. The molecule has 1 saturated carbocycles. The third-order valence-corrected chi connectivity index (χ3v) is 9.62. The molecule has 0 amide bonds. The van der Waals surface area contributed by atoms with E-state index in [0.717, 1.165) is 32.2 Å². The summed E-state index contributed by atoms with van der Waals surface area (Å²) in [4.78, 5) is 0. The zero-order valence-electron chi connectivity index (χ0n) is 19.2. The number of rotatable bonds is 3. The second-order valence-electron chi connectivity index (χ2n) is 11.5. The molecule has 2 heterocycles. The number of phenols is 1. The van der Waals surface area contributed by atoms with Gasteiger partial charge in [0.15, 0.2) is 11.5 Å². The van der Waals surface area contributed by atoms with Gasteiger partial charge in [0.2, 0.25) is 0 Å². The molecule has 2 aliphatic carbocycles. The Morgan fingerprint density at radius 2 is 1.93 bits per heavy atom. The highest BCUT2D eigenvalue weighted by molar-refractivity contribution is 5.62. The van der Waals surface area contributed by atoms with E-state index in [1.165, 1.54) is 11.1 Å². The van der Waals surface area contributed by atoms with Crippen LogP contribution in [0.3, 0.4) is 0 Å². The van der Waals surface area contributed by atoms with Gasteiger partial charge in [0.1, 0.15) is 6.10 Å². The van der Waals surface area contributed by atoms with Crippen molar-refractivity contribution in [2.75, 3.05) is 13.7 Å². The summed E-state index contributed by atoms with van der Waals surface area (Å²) < 4.78 is 12.4. The van der Waals surface area contributed by atoms with Gasteiger partial charge in [-0.1, -0.05) is 26.8 Å². The van der Waals surface area contributed by atoms with Gasteiger partial charge < -0.3 is 25.0 Å². The summed E-state index contributed by atoms with van der Waals surface area (Å²) in [6.45, 7) is 11.4. The fourth-order valence-corrected chi connectivity index (χ4v) is 7.34. The van der Waals surface area contributed by atoms with E-state index in [4.69, 9.17) is 9.47 Å². The third-order valence-electron chi connectivity index (χ3n) is 9.62. The van der Waals surface area contributed by atoms with Gasteiger partial charge in [-0.2, -0.15) is 0 Å². The standard InChI is InChI=1S/C25H37NO4/c1-14(29-6)21-25-9-10-26-18(11-15-7-8-17(27)20(30-21)19(15)25)24(25)12-16(13-24)23(5,28)22(2,3)4/h7-8,14,16,18,21,26-28H,9-13H2,1-6H3/t14-,16?,18?,21+,23?,24?,25?/m1/s1. The van der Waals surface area contributed by atoms with E-state index < -0.39 is 5.60 Å². The van der Waals surface area contributed by atoms with E-state index in [0.29, 0.717) is 11.8 Å². The van der Waals surface area contributed by atoms with Crippen LogP contribution in [0.5, 0.6) is 11.5 Å². The Morgan fingerprint density at radius 3 is 2.57 bits per heavy atom. The first-order valence-corrected chi connectivity index (χ1v) is 11.5. The highest BCUT2D eigenvalue weighted by Crippen LogP contribution is 2.73. The predicted molar refractivity (Wildman–Crippen MR) is 116 cm³/mol. The van der Waals surface area contributed by atoms with Gasteiger partial charge in [0.05, 0.1) is 11.7 Å². The molecule has 1 aromatic carbocycles. The molecule has 5 nitrogen and oxygen atoms in total. The van der Waals surface area contributed by atoms with Crippen LogP contribution in [0.15, 0.2) is 12.1 Å². The number of piperidine rings is 1. The average Bonchev–Trinajstić information content (AvgIpc) is 2.97. The fraction of sp³-hybridized carbons (Fsp3) is 0.760. The first kappa shape index (κ1) is 20.6.